The molecular weight excluding hydrogens is 366 g/mol. The van der Waals surface area contributed by atoms with Crippen LogP contribution in [0, 0.1) is 0 Å². The molecule has 148 valence electrons. The van der Waals surface area contributed by atoms with E-state index in [0.717, 1.165) is 48.3 Å². The van der Waals surface area contributed by atoms with Crippen LogP contribution in [0.5, 0.6) is 0 Å². The van der Waals surface area contributed by atoms with Crippen LogP contribution in [0.2, 0.25) is 0 Å². The lowest BCUT2D eigenvalue weighted by molar-refractivity contribution is -0.110. The maximum atomic E-state index is 12.7. The molecule has 3 aliphatic rings. The van der Waals surface area contributed by atoms with Gasteiger partial charge >= 0.3 is 6.03 Å². The second-order valence-electron chi connectivity index (χ2n) is 7.63. The first-order valence-electron chi connectivity index (χ1n) is 10.2. The van der Waals surface area contributed by atoms with Crippen molar-refractivity contribution in [1.29, 1.82) is 0 Å². The average Bonchev–Trinajstić information content (AvgIpc) is 3.29. The molecule has 5 rings (SSSR count). The van der Waals surface area contributed by atoms with Gasteiger partial charge in [-0.25, -0.2) is 4.79 Å². The number of hydrogen-bond acceptors (Lipinski definition) is 3. The molecule has 0 bridgehead atoms. The largest absolute Gasteiger partial charge is 0.482 e. The van der Waals surface area contributed by atoms with Crippen LogP contribution in [0.3, 0.4) is 0 Å². The van der Waals surface area contributed by atoms with Gasteiger partial charge < -0.3 is 20.3 Å². The highest BCUT2D eigenvalue weighted by Crippen LogP contribution is 2.45. The minimum absolute atomic E-state index is 0.0455. The van der Waals surface area contributed by atoms with E-state index < -0.39 is 0 Å². The van der Waals surface area contributed by atoms with E-state index in [2.05, 4.69) is 10.6 Å². The van der Waals surface area contributed by atoms with Crippen LogP contribution in [-0.4, -0.2) is 36.5 Å². The Hall–Kier alpha value is -3.28. The number of amides is 3. The highest BCUT2D eigenvalue weighted by atomic mass is 16.5. The maximum absolute atomic E-state index is 12.7. The van der Waals surface area contributed by atoms with Gasteiger partial charge in [0, 0.05) is 35.5 Å². The molecule has 3 aliphatic heterocycles. The summed E-state index contributed by atoms with van der Waals surface area (Å²) >= 11 is 0. The Kier molecular flexibility index (Phi) is 4.46. The van der Waals surface area contributed by atoms with E-state index in [1.165, 1.54) is 6.42 Å². The summed E-state index contributed by atoms with van der Waals surface area (Å²) in [5, 5.41) is 5.93. The van der Waals surface area contributed by atoms with Gasteiger partial charge in [0.05, 0.1) is 12.1 Å². The van der Waals surface area contributed by atoms with E-state index in [0.29, 0.717) is 17.9 Å². The van der Waals surface area contributed by atoms with Gasteiger partial charge in [-0.15, -0.1) is 0 Å². The second kappa shape index (κ2) is 7.28. The molecule has 6 nitrogen and oxygen atoms in total. The van der Waals surface area contributed by atoms with Crippen LogP contribution in [0.1, 0.15) is 42.1 Å². The number of ether oxygens (including phenoxy) is 1. The molecule has 2 aromatic rings. The molecule has 1 atom stereocenters. The van der Waals surface area contributed by atoms with Gasteiger partial charge in [0.25, 0.3) is 5.91 Å². The molecule has 1 fully saturated rings. The minimum atomic E-state index is -0.317. The summed E-state index contributed by atoms with van der Waals surface area (Å²) in [4.78, 5) is 27.1. The average molecular weight is 389 g/mol. The Morgan fingerprint density at radius 3 is 2.59 bits per heavy atom. The zero-order chi connectivity index (χ0) is 19.8. The van der Waals surface area contributed by atoms with E-state index in [-0.39, 0.29) is 18.0 Å². The smallest absolute Gasteiger partial charge is 0.317 e. The summed E-state index contributed by atoms with van der Waals surface area (Å²) in [5.41, 5.74) is 4.10. The number of carbonyl (C=O) groups excluding carboxylic acids is 2. The first kappa shape index (κ1) is 17.8. The van der Waals surface area contributed by atoms with E-state index in [1.54, 1.807) is 0 Å². The number of carbonyl (C=O) groups is 2. The van der Waals surface area contributed by atoms with Crippen molar-refractivity contribution in [3.63, 3.8) is 0 Å². The maximum Gasteiger partial charge on any atom is 0.317 e. The van der Waals surface area contributed by atoms with Crippen molar-refractivity contribution in [3.8, 4) is 0 Å². The van der Waals surface area contributed by atoms with Crippen molar-refractivity contribution in [3.05, 3.63) is 65.2 Å². The normalized spacial score (nSPS) is 22.6. The summed E-state index contributed by atoms with van der Waals surface area (Å²) in [5.74, 6) is 0.425. The van der Waals surface area contributed by atoms with E-state index in [4.69, 9.17) is 4.74 Å². The van der Waals surface area contributed by atoms with Crippen LogP contribution in [0.4, 0.5) is 10.5 Å². The van der Waals surface area contributed by atoms with Gasteiger partial charge in [-0.2, -0.15) is 0 Å². The predicted molar refractivity (Wildman–Crippen MR) is 111 cm³/mol. The Morgan fingerprint density at radius 2 is 1.76 bits per heavy atom. The molecule has 1 saturated heterocycles. The Labute approximate surface area is 169 Å². The zero-order valence-corrected chi connectivity index (χ0v) is 16.1. The van der Waals surface area contributed by atoms with Crippen LogP contribution in [0.15, 0.2) is 48.5 Å². The number of nitrogens with zero attached hydrogens (tertiary/aromatic N) is 1. The standard InChI is InChI=1S/C23H23N3O3/c27-22-20(17-10-4-5-11-18(17)25-22)21-16-9-3-2-8-15(16)19(29-21)14-24-23(28)26-12-6-1-7-13-26/h2-5,8-11,19H,1,6-7,12-14H2,(H,24,28)(H,25,27)/b21-20-. The Bertz CT molecular complexity index is 1010. The molecule has 6 heteroatoms. The van der Waals surface area contributed by atoms with Crippen molar-refractivity contribution in [2.24, 2.45) is 0 Å². The summed E-state index contributed by atoms with van der Waals surface area (Å²) in [7, 11) is 0. The zero-order valence-electron chi connectivity index (χ0n) is 16.1. The van der Waals surface area contributed by atoms with Gasteiger partial charge in [-0.1, -0.05) is 42.5 Å². The highest BCUT2D eigenvalue weighted by molar-refractivity contribution is 6.36. The summed E-state index contributed by atoms with van der Waals surface area (Å²) < 4.78 is 6.27. The van der Waals surface area contributed by atoms with Crippen LogP contribution in [-0.2, 0) is 9.53 Å². The molecule has 0 saturated carbocycles. The first-order valence-corrected chi connectivity index (χ1v) is 10.2. The van der Waals surface area contributed by atoms with Crippen molar-refractivity contribution >= 4 is 29.0 Å². The fourth-order valence-electron chi connectivity index (χ4n) is 4.33. The molecule has 0 aromatic heterocycles. The van der Waals surface area contributed by atoms with Crippen LogP contribution >= 0.6 is 0 Å². The van der Waals surface area contributed by atoms with E-state index in [1.807, 2.05) is 53.4 Å². The minimum Gasteiger partial charge on any atom is -0.482 e. The van der Waals surface area contributed by atoms with Crippen molar-refractivity contribution in [1.82, 2.24) is 10.2 Å². The van der Waals surface area contributed by atoms with Gasteiger partial charge in [-0.3, -0.25) is 4.79 Å². The number of urea groups is 1. The number of benzene rings is 2. The Morgan fingerprint density at radius 1 is 1.03 bits per heavy atom. The van der Waals surface area contributed by atoms with Crippen molar-refractivity contribution in [2.45, 2.75) is 25.4 Å². The topological polar surface area (TPSA) is 70.7 Å². The fraction of sp³-hybridized carbons (Fsp3) is 0.304. The molecule has 0 radical (unpaired) electrons. The summed E-state index contributed by atoms with van der Waals surface area (Å²) in [6.45, 7) is 1.98. The number of anilines is 1. The number of hydrogen-bond donors (Lipinski definition) is 2. The van der Waals surface area contributed by atoms with Crippen molar-refractivity contribution < 1.29 is 14.3 Å². The van der Waals surface area contributed by atoms with Gasteiger partial charge in [0.15, 0.2) is 0 Å². The number of para-hydroxylation sites is 1. The highest BCUT2D eigenvalue weighted by Gasteiger charge is 2.36. The molecule has 29 heavy (non-hydrogen) atoms. The number of fused-ring (bicyclic) bond motifs is 2. The number of likely N-dealkylation sites (tertiary alicyclic amines) is 1. The summed E-state index contributed by atoms with van der Waals surface area (Å²) in [6, 6.07) is 15.4. The third-order valence-corrected chi connectivity index (χ3v) is 5.79. The number of piperidine rings is 1. The second-order valence-corrected chi connectivity index (χ2v) is 7.63. The first-order chi connectivity index (χ1) is 14.2. The molecule has 2 N–H and O–H groups in total. The van der Waals surface area contributed by atoms with E-state index >= 15 is 0 Å². The SMILES string of the molecule is O=C1Nc2ccccc2/C1=C1/OC(CNC(=O)N2CCCCC2)c2ccccc21. The number of rotatable bonds is 2. The number of nitrogens with one attached hydrogen (secondary N) is 2. The van der Waals surface area contributed by atoms with Gasteiger partial charge in [-0.05, 0) is 25.3 Å². The molecular formula is C23H23N3O3. The lowest BCUT2D eigenvalue weighted by Gasteiger charge is -2.27. The molecule has 0 aliphatic carbocycles. The van der Waals surface area contributed by atoms with Gasteiger partial charge in [0.2, 0.25) is 0 Å². The predicted octanol–water partition coefficient (Wildman–Crippen LogP) is 3.77. The van der Waals surface area contributed by atoms with Crippen LogP contribution < -0.4 is 10.6 Å². The third kappa shape index (κ3) is 3.14. The summed E-state index contributed by atoms with van der Waals surface area (Å²) in [6.07, 6.45) is 2.98. The van der Waals surface area contributed by atoms with Gasteiger partial charge in [0.1, 0.15) is 11.9 Å². The molecule has 3 heterocycles. The third-order valence-electron chi connectivity index (χ3n) is 5.79. The Balaban J connectivity index is 1.42. The van der Waals surface area contributed by atoms with Crippen LogP contribution in [0.25, 0.3) is 11.3 Å². The lowest BCUT2D eigenvalue weighted by atomic mass is 9.99. The molecule has 3 amide bonds. The molecule has 2 aromatic carbocycles. The van der Waals surface area contributed by atoms with Crippen molar-refractivity contribution in [2.75, 3.05) is 25.0 Å². The molecule has 1 unspecified atom stereocenters. The monoisotopic (exact) mass is 389 g/mol. The molecule has 0 spiro atoms. The quantitative estimate of drug-likeness (QED) is 0.768. The fourth-order valence-corrected chi connectivity index (χ4v) is 4.33. The van der Waals surface area contributed by atoms with E-state index in [9.17, 15) is 9.59 Å². The lowest BCUT2D eigenvalue weighted by Crippen LogP contribution is -2.43.